The molecule has 0 bridgehead atoms. The van der Waals surface area contributed by atoms with E-state index in [2.05, 4.69) is 50.6 Å². The molecule has 2 rings (SSSR count). The summed E-state index contributed by atoms with van der Waals surface area (Å²) in [4.78, 5) is 0. The van der Waals surface area contributed by atoms with Gasteiger partial charge in [0, 0.05) is 5.57 Å². The van der Waals surface area contributed by atoms with Gasteiger partial charge >= 0.3 is 5.90 Å². The van der Waals surface area contributed by atoms with Crippen LogP contribution in [0.2, 0.25) is 0 Å². The van der Waals surface area contributed by atoms with Gasteiger partial charge in [-0.1, -0.05) is 18.2 Å². The number of nitrogens with zero attached hydrogens (tertiary/aromatic N) is 1. The van der Waals surface area contributed by atoms with Crippen molar-refractivity contribution in [1.82, 2.24) is 0 Å². The van der Waals surface area contributed by atoms with E-state index < -0.39 is 0 Å². The molecular weight excluding hydrogens is 210 g/mol. The Hall–Kier alpha value is -1.57. The molecule has 1 unspecified atom stereocenters. The third-order valence-corrected chi connectivity index (χ3v) is 3.08. The van der Waals surface area contributed by atoms with Gasteiger partial charge in [-0.3, -0.25) is 0 Å². The fourth-order valence-electron chi connectivity index (χ4n) is 1.89. The van der Waals surface area contributed by atoms with E-state index in [1.807, 2.05) is 18.2 Å². The van der Waals surface area contributed by atoms with Crippen LogP contribution in [-0.4, -0.2) is 22.6 Å². The second-order valence-corrected chi connectivity index (χ2v) is 4.81. The van der Waals surface area contributed by atoms with Crippen molar-refractivity contribution in [2.75, 3.05) is 0 Å². The quantitative estimate of drug-likeness (QED) is 0.711. The molecule has 1 aliphatic heterocycles. The highest BCUT2D eigenvalue weighted by Gasteiger charge is 2.28. The van der Waals surface area contributed by atoms with Gasteiger partial charge in [0.1, 0.15) is 6.10 Å². The molecule has 0 spiro atoms. The summed E-state index contributed by atoms with van der Waals surface area (Å²) in [5.41, 5.74) is 2.40. The molecule has 0 radical (unpaired) electrons. The largest absolute Gasteiger partial charge is 0.436 e. The summed E-state index contributed by atoms with van der Waals surface area (Å²) in [6.45, 7) is 8.55. The molecule has 1 aromatic carbocycles. The van der Waals surface area contributed by atoms with E-state index in [0.29, 0.717) is 6.04 Å². The summed E-state index contributed by atoms with van der Waals surface area (Å²) in [5.74, 6) is 0.957. The molecule has 2 heteroatoms. The predicted molar refractivity (Wildman–Crippen MR) is 70.3 cm³/mol. The van der Waals surface area contributed by atoms with Gasteiger partial charge in [-0.15, -0.1) is 0 Å². The van der Waals surface area contributed by atoms with Crippen LogP contribution in [0.3, 0.4) is 0 Å². The summed E-state index contributed by atoms with van der Waals surface area (Å²) >= 11 is 0. The highest BCUT2D eigenvalue weighted by atomic mass is 16.5. The first kappa shape index (κ1) is 11.9. The first-order valence-corrected chi connectivity index (χ1v) is 6.15. The van der Waals surface area contributed by atoms with Gasteiger partial charge in [-0.2, -0.15) is 4.58 Å². The Morgan fingerprint density at radius 3 is 2.41 bits per heavy atom. The molecule has 1 aromatic rings. The van der Waals surface area contributed by atoms with Crippen molar-refractivity contribution >= 4 is 5.90 Å². The van der Waals surface area contributed by atoms with Gasteiger partial charge in [0.2, 0.25) is 0 Å². The third kappa shape index (κ3) is 2.41. The minimum absolute atomic E-state index is 0.153. The molecule has 2 nitrogen and oxygen atoms in total. The Morgan fingerprint density at radius 2 is 1.82 bits per heavy atom. The molecule has 17 heavy (non-hydrogen) atoms. The lowest BCUT2D eigenvalue weighted by molar-refractivity contribution is -0.505. The fraction of sp³-hybridized carbons (Fsp3) is 0.400. The second-order valence-electron chi connectivity index (χ2n) is 4.81. The van der Waals surface area contributed by atoms with E-state index in [-0.39, 0.29) is 6.10 Å². The average molecular weight is 230 g/mol. The molecule has 0 N–H and O–H groups in total. The molecule has 1 heterocycles. The Kier molecular flexibility index (Phi) is 3.32. The normalized spacial score (nSPS) is 20.3. The van der Waals surface area contributed by atoms with Crippen LogP contribution < -0.4 is 0 Å². The molecule has 0 saturated carbocycles. The maximum absolute atomic E-state index is 6.03. The zero-order chi connectivity index (χ0) is 12.4. The average Bonchev–Trinajstić information content (AvgIpc) is 2.33. The standard InChI is InChI=1S/C15H20NO/c1-11(2)16-10-12(3)13(4)17-15(16)14-8-6-5-7-9-14/h5-11,13H,1-4H3/q+1. The number of benzene rings is 1. The lowest BCUT2D eigenvalue weighted by atomic mass is 10.1. The summed E-state index contributed by atoms with van der Waals surface area (Å²) in [6.07, 6.45) is 2.35. The lowest BCUT2D eigenvalue weighted by Crippen LogP contribution is -2.34. The molecule has 0 aromatic heterocycles. The van der Waals surface area contributed by atoms with Gasteiger partial charge < -0.3 is 4.74 Å². The number of hydrogen-bond acceptors (Lipinski definition) is 1. The van der Waals surface area contributed by atoms with Crippen molar-refractivity contribution in [1.29, 1.82) is 0 Å². The van der Waals surface area contributed by atoms with Crippen molar-refractivity contribution in [2.45, 2.75) is 39.8 Å². The minimum Gasteiger partial charge on any atom is -0.436 e. The Balaban J connectivity index is 2.50. The highest BCUT2D eigenvalue weighted by Crippen LogP contribution is 2.17. The maximum Gasteiger partial charge on any atom is 0.376 e. The monoisotopic (exact) mass is 230 g/mol. The Labute approximate surface area is 103 Å². The summed E-state index contributed by atoms with van der Waals surface area (Å²) < 4.78 is 8.23. The molecule has 0 amide bonds. The van der Waals surface area contributed by atoms with E-state index in [1.165, 1.54) is 5.57 Å². The molecule has 1 aliphatic rings. The van der Waals surface area contributed by atoms with Crippen molar-refractivity contribution in [3.8, 4) is 0 Å². The SMILES string of the molecule is CC1=C[N+](C(C)C)=C(c2ccccc2)OC1C. The zero-order valence-electron chi connectivity index (χ0n) is 11.0. The fourth-order valence-corrected chi connectivity index (χ4v) is 1.89. The van der Waals surface area contributed by atoms with Crippen LogP contribution in [0.5, 0.6) is 0 Å². The lowest BCUT2D eigenvalue weighted by Gasteiger charge is -2.21. The summed E-state index contributed by atoms with van der Waals surface area (Å²) in [7, 11) is 0. The molecule has 0 saturated heterocycles. The van der Waals surface area contributed by atoms with Crippen LogP contribution in [0.1, 0.15) is 33.3 Å². The van der Waals surface area contributed by atoms with Gasteiger partial charge in [-0.05, 0) is 39.8 Å². The van der Waals surface area contributed by atoms with E-state index in [9.17, 15) is 0 Å². The predicted octanol–water partition coefficient (Wildman–Crippen LogP) is 3.18. The van der Waals surface area contributed by atoms with Gasteiger partial charge in [-0.25, -0.2) is 0 Å². The van der Waals surface area contributed by atoms with Gasteiger partial charge in [0.05, 0.1) is 5.56 Å². The first-order chi connectivity index (χ1) is 8.09. The summed E-state index contributed by atoms with van der Waals surface area (Å²) in [5, 5.41) is 0. The third-order valence-electron chi connectivity index (χ3n) is 3.08. The van der Waals surface area contributed by atoms with Gasteiger partial charge in [0.25, 0.3) is 0 Å². The van der Waals surface area contributed by atoms with E-state index in [4.69, 9.17) is 4.74 Å². The molecule has 0 aliphatic carbocycles. The Morgan fingerprint density at radius 1 is 1.18 bits per heavy atom. The summed E-state index contributed by atoms with van der Waals surface area (Å²) in [6, 6.07) is 10.7. The topological polar surface area (TPSA) is 12.2 Å². The minimum atomic E-state index is 0.153. The maximum atomic E-state index is 6.03. The van der Waals surface area contributed by atoms with Crippen LogP contribution in [0.15, 0.2) is 42.1 Å². The Bertz CT molecular complexity index is 457. The van der Waals surface area contributed by atoms with E-state index in [1.54, 1.807) is 0 Å². The highest BCUT2D eigenvalue weighted by molar-refractivity contribution is 5.90. The van der Waals surface area contributed by atoms with Crippen molar-refractivity contribution in [2.24, 2.45) is 0 Å². The van der Waals surface area contributed by atoms with Crippen molar-refractivity contribution in [3.05, 3.63) is 47.7 Å². The van der Waals surface area contributed by atoms with Crippen LogP contribution in [0.4, 0.5) is 0 Å². The van der Waals surface area contributed by atoms with E-state index >= 15 is 0 Å². The second kappa shape index (κ2) is 4.74. The molecule has 90 valence electrons. The number of hydrogen-bond donors (Lipinski definition) is 0. The van der Waals surface area contributed by atoms with E-state index in [0.717, 1.165) is 11.5 Å². The zero-order valence-corrected chi connectivity index (χ0v) is 11.0. The molecular formula is C15H20NO+. The first-order valence-electron chi connectivity index (χ1n) is 6.15. The number of rotatable bonds is 2. The van der Waals surface area contributed by atoms with Crippen LogP contribution >= 0.6 is 0 Å². The van der Waals surface area contributed by atoms with Crippen molar-refractivity contribution in [3.63, 3.8) is 0 Å². The van der Waals surface area contributed by atoms with Crippen molar-refractivity contribution < 1.29 is 9.31 Å². The molecule has 1 atom stereocenters. The smallest absolute Gasteiger partial charge is 0.376 e. The number of ether oxygens (including phenoxy) is 1. The molecule has 0 fully saturated rings. The van der Waals surface area contributed by atoms with Gasteiger partial charge in [0.15, 0.2) is 12.2 Å². The van der Waals surface area contributed by atoms with Crippen LogP contribution in [0, 0.1) is 0 Å². The van der Waals surface area contributed by atoms with Crippen LogP contribution in [-0.2, 0) is 4.74 Å². The van der Waals surface area contributed by atoms with Crippen LogP contribution in [0.25, 0.3) is 0 Å².